The summed E-state index contributed by atoms with van der Waals surface area (Å²) in [5.41, 5.74) is 3.24. The maximum Gasteiger partial charge on any atom is 0.270 e. The number of halogens is 1. The number of non-ortho nitro benzene ring substituents is 1. The molecule has 31 heavy (non-hydrogen) atoms. The van der Waals surface area contributed by atoms with E-state index in [1.54, 1.807) is 12.1 Å². The van der Waals surface area contributed by atoms with Gasteiger partial charge in [-0.25, -0.2) is 0 Å². The molecular weight excluding hydrogens is 414 g/mol. The van der Waals surface area contributed by atoms with E-state index >= 15 is 0 Å². The standard InChI is InChI=1S/C24H30ClN3O3/c1-2-20-6-3-4-14-27(20)23-12-11-21(28(29)30)16-22(23)24-26(13-5-15-31-24)17-18-7-9-19(25)10-8-18/h7-12,16,20,24H,2-6,13-15,17H2,1H3/t20-,24+/m1/s1. The molecule has 2 fully saturated rings. The van der Waals surface area contributed by atoms with Gasteiger partial charge in [-0.3, -0.25) is 15.0 Å². The fourth-order valence-electron chi connectivity index (χ4n) is 4.82. The van der Waals surface area contributed by atoms with Crippen molar-refractivity contribution in [2.45, 2.75) is 57.8 Å². The maximum atomic E-state index is 11.6. The number of ether oxygens (including phenoxy) is 1. The third kappa shape index (κ3) is 5.03. The van der Waals surface area contributed by atoms with Gasteiger partial charge >= 0.3 is 0 Å². The molecule has 2 aromatic carbocycles. The Morgan fingerprint density at radius 1 is 1.13 bits per heavy atom. The smallest absolute Gasteiger partial charge is 0.270 e. The monoisotopic (exact) mass is 443 g/mol. The first-order valence-electron chi connectivity index (χ1n) is 11.2. The van der Waals surface area contributed by atoms with Crippen LogP contribution in [0.1, 0.15) is 56.4 Å². The molecule has 0 unspecified atom stereocenters. The second-order valence-corrected chi connectivity index (χ2v) is 8.86. The van der Waals surface area contributed by atoms with Crippen LogP contribution in [-0.4, -0.2) is 35.6 Å². The fraction of sp³-hybridized carbons (Fsp3) is 0.500. The highest BCUT2D eigenvalue weighted by Gasteiger charge is 2.32. The minimum Gasteiger partial charge on any atom is -0.368 e. The molecule has 2 atom stereocenters. The second-order valence-electron chi connectivity index (χ2n) is 8.43. The van der Waals surface area contributed by atoms with E-state index in [1.807, 2.05) is 30.3 Å². The molecule has 2 saturated heterocycles. The molecule has 6 nitrogen and oxygen atoms in total. The molecule has 0 bridgehead atoms. The molecule has 7 heteroatoms. The zero-order chi connectivity index (χ0) is 21.8. The molecule has 2 heterocycles. The van der Waals surface area contributed by atoms with Gasteiger partial charge in [0.2, 0.25) is 0 Å². The number of anilines is 1. The van der Waals surface area contributed by atoms with Crippen LogP contribution in [-0.2, 0) is 11.3 Å². The summed E-state index contributed by atoms with van der Waals surface area (Å²) in [6.07, 6.45) is 5.24. The molecule has 2 aliphatic heterocycles. The highest BCUT2D eigenvalue weighted by Crippen LogP contribution is 2.39. The third-order valence-corrected chi connectivity index (χ3v) is 6.64. The topological polar surface area (TPSA) is 58.9 Å². The summed E-state index contributed by atoms with van der Waals surface area (Å²) < 4.78 is 6.26. The van der Waals surface area contributed by atoms with Gasteiger partial charge in [0, 0.05) is 54.1 Å². The zero-order valence-corrected chi connectivity index (χ0v) is 18.8. The number of nitro groups is 1. The van der Waals surface area contributed by atoms with Crippen LogP contribution in [0.3, 0.4) is 0 Å². The van der Waals surface area contributed by atoms with Crippen LogP contribution in [0.25, 0.3) is 0 Å². The summed E-state index contributed by atoms with van der Waals surface area (Å²) in [6.45, 7) is 5.44. The van der Waals surface area contributed by atoms with Crippen molar-refractivity contribution in [2.75, 3.05) is 24.6 Å². The van der Waals surface area contributed by atoms with E-state index in [2.05, 4.69) is 16.7 Å². The Bertz CT molecular complexity index is 905. The Morgan fingerprint density at radius 3 is 2.68 bits per heavy atom. The highest BCUT2D eigenvalue weighted by atomic mass is 35.5. The summed E-state index contributed by atoms with van der Waals surface area (Å²) in [7, 11) is 0. The average molecular weight is 444 g/mol. The lowest BCUT2D eigenvalue weighted by atomic mass is 9.97. The predicted molar refractivity (Wildman–Crippen MR) is 124 cm³/mol. The van der Waals surface area contributed by atoms with Crippen LogP contribution in [0, 0.1) is 10.1 Å². The van der Waals surface area contributed by atoms with Gasteiger partial charge in [0.05, 0.1) is 11.5 Å². The van der Waals surface area contributed by atoms with E-state index in [4.69, 9.17) is 16.3 Å². The van der Waals surface area contributed by atoms with E-state index in [-0.39, 0.29) is 16.8 Å². The van der Waals surface area contributed by atoms with Crippen molar-refractivity contribution in [1.29, 1.82) is 0 Å². The minimum atomic E-state index is -0.312. The molecule has 0 aromatic heterocycles. The molecular formula is C24H30ClN3O3. The van der Waals surface area contributed by atoms with Gasteiger partial charge in [-0.05, 0) is 55.9 Å². The van der Waals surface area contributed by atoms with Gasteiger partial charge in [-0.15, -0.1) is 0 Å². The van der Waals surface area contributed by atoms with Gasteiger partial charge in [-0.1, -0.05) is 30.7 Å². The van der Waals surface area contributed by atoms with Gasteiger partial charge in [0.25, 0.3) is 5.69 Å². The molecule has 0 N–H and O–H groups in total. The van der Waals surface area contributed by atoms with Gasteiger partial charge in [-0.2, -0.15) is 0 Å². The van der Waals surface area contributed by atoms with Crippen molar-refractivity contribution in [3.05, 3.63) is 68.7 Å². The number of rotatable bonds is 6. The van der Waals surface area contributed by atoms with Crippen molar-refractivity contribution < 1.29 is 9.66 Å². The van der Waals surface area contributed by atoms with Crippen molar-refractivity contribution in [1.82, 2.24) is 4.90 Å². The normalized spacial score (nSPS) is 22.5. The van der Waals surface area contributed by atoms with Crippen LogP contribution in [0.15, 0.2) is 42.5 Å². The minimum absolute atomic E-state index is 0.115. The number of nitrogens with zero attached hydrogens (tertiary/aromatic N) is 3. The summed E-state index contributed by atoms with van der Waals surface area (Å²) in [4.78, 5) is 16.0. The lowest BCUT2D eigenvalue weighted by Gasteiger charge is -2.42. The van der Waals surface area contributed by atoms with E-state index < -0.39 is 0 Å². The van der Waals surface area contributed by atoms with E-state index in [0.717, 1.165) is 55.6 Å². The lowest BCUT2D eigenvalue weighted by Crippen LogP contribution is -2.42. The number of hydrogen-bond acceptors (Lipinski definition) is 5. The SMILES string of the molecule is CC[C@@H]1CCCCN1c1ccc([N+](=O)[O-])cc1[C@@H]1OCCCN1Cc1ccc(Cl)cc1. The van der Waals surface area contributed by atoms with Crippen LogP contribution in [0.4, 0.5) is 11.4 Å². The van der Waals surface area contributed by atoms with Gasteiger partial charge in [0.15, 0.2) is 0 Å². The first-order chi connectivity index (χ1) is 15.1. The molecule has 166 valence electrons. The number of hydrogen-bond donors (Lipinski definition) is 0. The summed E-state index contributed by atoms with van der Waals surface area (Å²) in [6, 6.07) is 13.6. The Hall–Kier alpha value is -2.15. The molecule has 2 aliphatic rings. The fourth-order valence-corrected chi connectivity index (χ4v) is 4.94. The summed E-state index contributed by atoms with van der Waals surface area (Å²) >= 11 is 6.05. The number of nitro benzene ring substituents is 1. The average Bonchev–Trinajstić information content (AvgIpc) is 2.80. The van der Waals surface area contributed by atoms with Crippen LogP contribution in [0.5, 0.6) is 0 Å². The summed E-state index contributed by atoms with van der Waals surface area (Å²) in [5.74, 6) is 0. The van der Waals surface area contributed by atoms with Crippen molar-refractivity contribution in [3.63, 3.8) is 0 Å². The summed E-state index contributed by atoms with van der Waals surface area (Å²) in [5, 5.41) is 12.3. The first-order valence-corrected chi connectivity index (χ1v) is 11.6. The van der Waals surface area contributed by atoms with E-state index in [1.165, 1.54) is 6.42 Å². The van der Waals surface area contributed by atoms with Crippen LogP contribution in [0.2, 0.25) is 5.02 Å². The maximum absolute atomic E-state index is 11.6. The van der Waals surface area contributed by atoms with Crippen molar-refractivity contribution >= 4 is 23.0 Å². The van der Waals surface area contributed by atoms with Crippen LogP contribution < -0.4 is 4.90 Å². The van der Waals surface area contributed by atoms with Crippen molar-refractivity contribution in [3.8, 4) is 0 Å². The Kier molecular flexibility index (Phi) is 7.10. The number of piperidine rings is 1. The van der Waals surface area contributed by atoms with Crippen LogP contribution >= 0.6 is 11.6 Å². The third-order valence-electron chi connectivity index (χ3n) is 6.39. The highest BCUT2D eigenvalue weighted by molar-refractivity contribution is 6.30. The van der Waals surface area contributed by atoms with Gasteiger partial charge < -0.3 is 9.64 Å². The molecule has 0 spiro atoms. The second kappa shape index (κ2) is 9.98. The Morgan fingerprint density at radius 2 is 1.94 bits per heavy atom. The first kappa shape index (κ1) is 22.1. The zero-order valence-electron chi connectivity index (χ0n) is 18.0. The quantitative estimate of drug-likeness (QED) is 0.408. The van der Waals surface area contributed by atoms with E-state index in [0.29, 0.717) is 24.2 Å². The van der Waals surface area contributed by atoms with Gasteiger partial charge in [0.1, 0.15) is 6.23 Å². The Labute approximate surface area is 188 Å². The number of benzene rings is 2. The van der Waals surface area contributed by atoms with Crippen molar-refractivity contribution in [2.24, 2.45) is 0 Å². The molecule has 0 radical (unpaired) electrons. The molecule has 4 rings (SSSR count). The molecule has 0 saturated carbocycles. The molecule has 0 aliphatic carbocycles. The molecule has 0 amide bonds. The molecule has 2 aromatic rings. The Balaban J connectivity index is 1.71. The predicted octanol–water partition coefficient (Wildman–Crippen LogP) is 5.94. The lowest BCUT2D eigenvalue weighted by molar-refractivity contribution is -0.385. The largest absolute Gasteiger partial charge is 0.368 e. The van der Waals surface area contributed by atoms with E-state index in [9.17, 15) is 10.1 Å².